The number of likely N-dealkylation sites (N-methyl/N-ethyl adjacent to an activating group) is 1. The van der Waals surface area contributed by atoms with Crippen LogP contribution < -0.4 is 15.4 Å². The summed E-state index contributed by atoms with van der Waals surface area (Å²) in [6.07, 6.45) is 0. The Labute approximate surface area is 104 Å². The first kappa shape index (κ1) is 14.4. The lowest BCUT2D eigenvalue weighted by Crippen LogP contribution is -2.39. The summed E-state index contributed by atoms with van der Waals surface area (Å²) in [6.45, 7) is 2.05. The number of halogens is 2. The third-order valence-electron chi connectivity index (χ3n) is 2.35. The average Bonchev–Trinajstić information content (AvgIpc) is 2.34. The number of hydrogen-bond acceptors (Lipinski definition) is 3. The van der Waals surface area contributed by atoms with Crippen LogP contribution in [0, 0.1) is 11.6 Å². The van der Waals surface area contributed by atoms with E-state index in [-0.39, 0.29) is 24.3 Å². The molecule has 0 spiro atoms. The van der Waals surface area contributed by atoms with Gasteiger partial charge in [0.05, 0.1) is 0 Å². The summed E-state index contributed by atoms with van der Waals surface area (Å²) in [5, 5.41) is 5.56. The first-order valence-electron chi connectivity index (χ1n) is 5.54. The third kappa shape index (κ3) is 4.67. The zero-order chi connectivity index (χ0) is 13.5. The van der Waals surface area contributed by atoms with Gasteiger partial charge in [0.15, 0.2) is 18.2 Å². The van der Waals surface area contributed by atoms with Crippen LogP contribution in [-0.4, -0.2) is 32.1 Å². The van der Waals surface area contributed by atoms with Crippen LogP contribution in [0.3, 0.4) is 0 Å². The van der Waals surface area contributed by atoms with Gasteiger partial charge in [0, 0.05) is 18.7 Å². The van der Waals surface area contributed by atoms with Gasteiger partial charge in [-0.05, 0) is 26.1 Å². The monoisotopic (exact) mass is 258 g/mol. The van der Waals surface area contributed by atoms with Crippen molar-refractivity contribution in [3.63, 3.8) is 0 Å². The van der Waals surface area contributed by atoms with Crippen molar-refractivity contribution in [2.45, 2.75) is 13.0 Å². The van der Waals surface area contributed by atoms with Gasteiger partial charge in [0.2, 0.25) is 0 Å². The molecule has 4 nitrogen and oxygen atoms in total. The molecule has 1 amide bonds. The quantitative estimate of drug-likeness (QED) is 0.802. The molecule has 0 aromatic heterocycles. The molecule has 0 heterocycles. The first-order valence-corrected chi connectivity index (χ1v) is 5.54. The van der Waals surface area contributed by atoms with Gasteiger partial charge in [-0.25, -0.2) is 8.78 Å². The van der Waals surface area contributed by atoms with E-state index in [4.69, 9.17) is 4.74 Å². The van der Waals surface area contributed by atoms with E-state index in [0.717, 1.165) is 12.1 Å². The maximum Gasteiger partial charge on any atom is 0.257 e. The second kappa shape index (κ2) is 6.90. The Kier molecular flexibility index (Phi) is 5.51. The number of nitrogens with one attached hydrogen (secondary N) is 2. The van der Waals surface area contributed by atoms with Gasteiger partial charge in [-0.3, -0.25) is 4.79 Å². The van der Waals surface area contributed by atoms with E-state index in [0.29, 0.717) is 12.6 Å². The standard InChI is InChI=1S/C12H16F2N2O2/c1-8(15-2)6-16-12(17)7-18-11-4-3-9(13)5-10(11)14/h3-5,8,15H,6-7H2,1-2H3,(H,16,17). The minimum absolute atomic E-state index is 0.136. The molecule has 0 fully saturated rings. The summed E-state index contributed by atoms with van der Waals surface area (Å²) < 4.78 is 30.7. The van der Waals surface area contributed by atoms with Crippen molar-refractivity contribution in [1.29, 1.82) is 0 Å². The molecule has 1 aromatic carbocycles. The number of carbonyl (C=O) groups excluding carboxylic acids is 1. The van der Waals surface area contributed by atoms with Gasteiger partial charge in [-0.2, -0.15) is 0 Å². The van der Waals surface area contributed by atoms with Crippen LogP contribution in [0.1, 0.15) is 6.92 Å². The molecule has 2 N–H and O–H groups in total. The summed E-state index contributed by atoms with van der Waals surface area (Å²) in [5.41, 5.74) is 0. The van der Waals surface area contributed by atoms with E-state index >= 15 is 0 Å². The van der Waals surface area contributed by atoms with E-state index in [1.807, 2.05) is 6.92 Å². The first-order chi connectivity index (χ1) is 8.52. The van der Waals surface area contributed by atoms with Crippen LogP contribution in [0.2, 0.25) is 0 Å². The van der Waals surface area contributed by atoms with Gasteiger partial charge in [-0.15, -0.1) is 0 Å². The van der Waals surface area contributed by atoms with Crippen LogP contribution >= 0.6 is 0 Å². The molecule has 1 aromatic rings. The maximum absolute atomic E-state index is 13.2. The zero-order valence-electron chi connectivity index (χ0n) is 10.3. The zero-order valence-corrected chi connectivity index (χ0v) is 10.3. The van der Waals surface area contributed by atoms with E-state index in [1.54, 1.807) is 7.05 Å². The summed E-state index contributed by atoms with van der Waals surface area (Å²) >= 11 is 0. The van der Waals surface area contributed by atoms with Crippen LogP contribution in [0.25, 0.3) is 0 Å². The fourth-order valence-corrected chi connectivity index (χ4v) is 1.16. The predicted molar refractivity (Wildman–Crippen MR) is 63.4 cm³/mol. The van der Waals surface area contributed by atoms with Crippen LogP contribution in [0.5, 0.6) is 5.75 Å². The van der Waals surface area contributed by atoms with Crippen molar-refractivity contribution >= 4 is 5.91 Å². The lowest BCUT2D eigenvalue weighted by atomic mass is 10.3. The fraction of sp³-hybridized carbons (Fsp3) is 0.417. The largest absolute Gasteiger partial charge is 0.481 e. The molecule has 100 valence electrons. The highest BCUT2D eigenvalue weighted by atomic mass is 19.1. The molecule has 1 unspecified atom stereocenters. The van der Waals surface area contributed by atoms with Gasteiger partial charge < -0.3 is 15.4 Å². The van der Waals surface area contributed by atoms with Gasteiger partial charge in [-0.1, -0.05) is 0 Å². The molecule has 1 rings (SSSR count). The van der Waals surface area contributed by atoms with Crippen LogP contribution in [-0.2, 0) is 4.79 Å². The highest BCUT2D eigenvalue weighted by molar-refractivity contribution is 5.77. The normalized spacial score (nSPS) is 12.0. The Balaban J connectivity index is 2.38. The van der Waals surface area contributed by atoms with Gasteiger partial charge in [0.1, 0.15) is 5.82 Å². The Morgan fingerprint density at radius 3 is 2.78 bits per heavy atom. The Bertz CT molecular complexity index is 413. The summed E-state index contributed by atoms with van der Waals surface area (Å²) in [7, 11) is 1.78. The van der Waals surface area contributed by atoms with Gasteiger partial charge in [0.25, 0.3) is 5.91 Å². The van der Waals surface area contributed by atoms with Crippen molar-refractivity contribution < 1.29 is 18.3 Å². The second-order valence-electron chi connectivity index (χ2n) is 3.86. The molecule has 1 atom stereocenters. The molecule has 6 heteroatoms. The molecule has 0 aliphatic heterocycles. The fourth-order valence-electron chi connectivity index (χ4n) is 1.16. The number of rotatable bonds is 6. The summed E-state index contributed by atoms with van der Waals surface area (Å²) in [6, 6.07) is 3.06. The molecule has 18 heavy (non-hydrogen) atoms. The number of carbonyl (C=O) groups is 1. The van der Waals surface area contributed by atoms with E-state index in [2.05, 4.69) is 10.6 Å². The maximum atomic E-state index is 13.2. The Morgan fingerprint density at radius 2 is 2.17 bits per heavy atom. The van der Waals surface area contributed by atoms with Crippen molar-refractivity contribution in [3.8, 4) is 5.75 Å². The molecular formula is C12H16F2N2O2. The lowest BCUT2D eigenvalue weighted by molar-refractivity contribution is -0.123. The number of hydrogen-bond donors (Lipinski definition) is 2. The molecule has 0 bridgehead atoms. The highest BCUT2D eigenvalue weighted by Crippen LogP contribution is 2.17. The van der Waals surface area contributed by atoms with Crippen molar-refractivity contribution in [2.24, 2.45) is 0 Å². The van der Waals surface area contributed by atoms with E-state index in [9.17, 15) is 13.6 Å². The van der Waals surface area contributed by atoms with Crippen molar-refractivity contribution in [3.05, 3.63) is 29.8 Å². The molecule has 0 aliphatic rings. The van der Waals surface area contributed by atoms with E-state index in [1.165, 1.54) is 0 Å². The topological polar surface area (TPSA) is 50.4 Å². The molecule has 0 saturated heterocycles. The smallest absolute Gasteiger partial charge is 0.257 e. The van der Waals surface area contributed by atoms with Crippen LogP contribution in [0.15, 0.2) is 18.2 Å². The average molecular weight is 258 g/mol. The second-order valence-corrected chi connectivity index (χ2v) is 3.86. The van der Waals surface area contributed by atoms with Crippen molar-refractivity contribution in [2.75, 3.05) is 20.2 Å². The molecule has 0 aliphatic carbocycles. The SMILES string of the molecule is CNC(C)CNC(=O)COc1ccc(F)cc1F. The lowest BCUT2D eigenvalue weighted by Gasteiger charge is -2.12. The third-order valence-corrected chi connectivity index (χ3v) is 2.35. The molecule has 0 saturated carbocycles. The number of benzene rings is 1. The highest BCUT2D eigenvalue weighted by Gasteiger charge is 2.08. The van der Waals surface area contributed by atoms with Gasteiger partial charge >= 0.3 is 0 Å². The summed E-state index contributed by atoms with van der Waals surface area (Å²) in [5.74, 6) is -2.02. The number of amides is 1. The van der Waals surface area contributed by atoms with Crippen LogP contribution in [0.4, 0.5) is 8.78 Å². The predicted octanol–water partition coefficient (Wildman–Crippen LogP) is 1.07. The summed E-state index contributed by atoms with van der Waals surface area (Å²) in [4.78, 5) is 11.4. The Hall–Kier alpha value is -1.69. The van der Waals surface area contributed by atoms with E-state index < -0.39 is 11.6 Å². The number of ether oxygens (including phenoxy) is 1. The van der Waals surface area contributed by atoms with Crippen molar-refractivity contribution in [1.82, 2.24) is 10.6 Å². The Morgan fingerprint density at radius 1 is 1.44 bits per heavy atom. The minimum atomic E-state index is -0.827. The molecular weight excluding hydrogens is 242 g/mol. The minimum Gasteiger partial charge on any atom is -0.481 e. The molecule has 0 radical (unpaired) electrons.